The number of carbonyl (C=O) groups is 5. The van der Waals surface area contributed by atoms with Crippen molar-refractivity contribution in [2.24, 2.45) is 0 Å². The van der Waals surface area contributed by atoms with Gasteiger partial charge in [0, 0.05) is 68.3 Å². The number of nitrogens with one attached hydrogen (secondary N) is 1. The van der Waals surface area contributed by atoms with Crippen molar-refractivity contribution in [3.8, 4) is 45.0 Å². The molecule has 0 radical (unpaired) electrons. The van der Waals surface area contributed by atoms with E-state index in [0.717, 1.165) is 52.4 Å². The van der Waals surface area contributed by atoms with Gasteiger partial charge in [-0.2, -0.15) is 20.4 Å². The minimum absolute atomic E-state index is 0. The number of amides is 5. The number of nitrogens with zero attached hydrogens (tertiary/aromatic N) is 11. The predicted molar refractivity (Wildman–Crippen MR) is 586 cm³/mol. The fourth-order valence-corrected chi connectivity index (χ4v) is 20.3. The minimum Gasteiger partial charge on any atom is -0.444 e. The molecule has 0 saturated carbocycles. The zero-order valence-electron chi connectivity index (χ0n) is 85.8. The van der Waals surface area contributed by atoms with Crippen molar-refractivity contribution in [3.05, 3.63) is 166 Å². The number of ether oxygens (including phenoxy) is 3. The molecule has 0 bridgehead atoms. The first kappa shape index (κ1) is 127. The van der Waals surface area contributed by atoms with Gasteiger partial charge in [-0.15, -0.1) is 0 Å². The molecule has 0 saturated heterocycles. The summed E-state index contributed by atoms with van der Waals surface area (Å²) in [5, 5.41) is 22.6. The summed E-state index contributed by atoms with van der Waals surface area (Å²) in [4.78, 5) is 71.0. The number of benzene rings is 4. The van der Waals surface area contributed by atoms with Gasteiger partial charge in [-0.25, -0.2) is 36.8 Å². The van der Waals surface area contributed by atoms with E-state index >= 15 is 0 Å². The maximum atomic E-state index is 13.8. The van der Waals surface area contributed by atoms with Gasteiger partial charge in [0.15, 0.2) is 33.3 Å². The summed E-state index contributed by atoms with van der Waals surface area (Å²) in [5.41, 5.74) is 5.95. The largest absolute Gasteiger partial charge is 1.00 e. The van der Waals surface area contributed by atoms with Gasteiger partial charge >= 0.3 is 69.7 Å². The van der Waals surface area contributed by atoms with Crippen molar-refractivity contribution in [3.63, 3.8) is 0 Å². The van der Waals surface area contributed by atoms with Gasteiger partial charge in [0.05, 0.1) is 93.8 Å². The Morgan fingerprint density at radius 2 is 0.683 bits per heavy atom. The van der Waals surface area contributed by atoms with E-state index in [1.54, 1.807) is 88.5 Å². The maximum Gasteiger partial charge on any atom is 1.00 e. The molecule has 5 amide bonds. The Morgan fingerprint density at radius 1 is 0.410 bits per heavy atom. The standard InChI is InChI=1S/2C25H36ClFIN3O3Si.C25H35ClFN3O4Si.C20H27ClFN3O2Si.CH3I.2CH4.CH3.K/c2*1-24(2,3)34-23(32)30-14-17(11-12-33-35(7,8)25(4,5)6)31-20(15-30)21(28)22(29-31)16-9-10-19(27)18(26)13-16;1-24(2,3)34-23(32)29-15-17(11-12-33-35(7,8)25(4,5)6)30-21(22(29)31)14-20(28-30)16-9-10-19(27)18(26)13-16;1-20(2,3)28(4,5)27-9-8-14-12-23-19(26)18-11-17(24-25(14)18)13-6-7-16(22)15(21)10-13;1-2;;;;/h2*9-10,13,17H,11-12,14-15H2,1-8H3;9-10,13-14,17H,11-12,15H2,1-8H3;6-7,10-11,14H,8-9,12H2,1-5H3,(H,23,26);1H3;2*1H4;1H3;/q;;;;;;;-1;+1. The van der Waals surface area contributed by atoms with Gasteiger partial charge in [-0.05, 0) is 296 Å². The van der Waals surface area contributed by atoms with Gasteiger partial charge in [-0.3, -0.25) is 28.3 Å². The number of imide groups is 1. The third kappa shape index (κ3) is 33.5. The molecule has 4 aromatic carbocycles. The first-order valence-corrected chi connectivity index (χ1v) is 62.7. The Morgan fingerprint density at radius 3 is 0.986 bits per heavy atom. The third-order valence-corrected chi connectivity index (χ3v) is 47.1. The number of fused-ring (bicyclic) bond motifs is 4. The van der Waals surface area contributed by atoms with Crippen LogP contribution >= 0.6 is 114 Å². The van der Waals surface area contributed by atoms with Crippen LogP contribution in [0, 0.1) is 37.8 Å². The summed E-state index contributed by atoms with van der Waals surface area (Å²) in [7, 11) is -7.61. The van der Waals surface area contributed by atoms with Crippen molar-refractivity contribution in [2.45, 2.75) is 313 Å². The van der Waals surface area contributed by atoms with Crippen molar-refractivity contribution in [2.75, 3.05) is 57.5 Å². The molecule has 0 spiro atoms. The van der Waals surface area contributed by atoms with Crippen LogP contribution in [0.5, 0.6) is 0 Å². The van der Waals surface area contributed by atoms with Crippen LogP contribution < -0.4 is 56.7 Å². The Balaban J connectivity index is 0.000000382. The number of hydrogen-bond donors (Lipinski definition) is 1. The quantitative estimate of drug-likeness (QED) is 0.0186. The third-order valence-electron chi connectivity index (χ3n) is 25.5. The smallest absolute Gasteiger partial charge is 0.444 e. The summed E-state index contributed by atoms with van der Waals surface area (Å²) < 4.78 is 106. The monoisotopic (exact) mass is 2440 g/mol. The Hall–Kier alpha value is -3.92. The van der Waals surface area contributed by atoms with E-state index in [4.69, 9.17) is 88.5 Å². The molecular weight excluding hydrogens is 2300 g/mol. The van der Waals surface area contributed by atoms with E-state index in [2.05, 4.69) is 219 Å². The van der Waals surface area contributed by atoms with Gasteiger partial charge in [-0.1, -0.05) is 167 Å². The molecule has 4 aliphatic rings. The molecule has 8 aromatic rings. The average Bonchev–Trinajstić information content (AvgIpc) is 1.63. The van der Waals surface area contributed by atoms with Crippen molar-refractivity contribution >= 4 is 178 Å². The van der Waals surface area contributed by atoms with E-state index in [1.165, 1.54) is 36.4 Å². The number of rotatable bonds is 20. The van der Waals surface area contributed by atoms with Gasteiger partial charge in [0.25, 0.3) is 11.8 Å². The molecule has 4 atom stereocenters. The normalized spacial score (nSPS) is 16.3. The van der Waals surface area contributed by atoms with Gasteiger partial charge in [0.1, 0.15) is 62.8 Å². The summed E-state index contributed by atoms with van der Waals surface area (Å²) in [5.74, 6) is -2.60. The van der Waals surface area contributed by atoms with E-state index in [-0.39, 0.29) is 168 Å². The summed E-state index contributed by atoms with van der Waals surface area (Å²) in [6.07, 6.45) is 1.34. The molecule has 0 aliphatic carbocycles. The second kappa shape index (κ2) is 50.9. The molecule has 4 unspecified atom stereocenters. The number of carbonyl (C=O) groups excluding carboxylic acids is 5. The van der Waals surface area contributed by atoms with E-state index in [1.807, 2.05) is 55.8 Å². The fraction of sp³-hybridized carbons (Fsp3) is 0.576. The van der Waals surface area contributed by atoms with Gasteiger partial charge in [0.2, 0.25) is 0 Å². The Bertz CT molecular complexity index is 5380. The van der Waals surface area contributed by atoms with Crippen molar-refractivity contribution < 1.29 is 125 Å². The van der Waals surface area contributed by atoms with Crippen LogP contribution in [0.25, 0.3) is 45.0 Å². The average molecular weight is 2450 g/mol. The molecule has 12 rings (SSSR count). The summed E-state index contributed by atoms with van der Waals surface area (Å²) in [6, 6.07) is 20.9. The molecule has 4 aromatic heterocycles. The van der Waals surface area contributed by atoms with E-state index < -0.39 is 85.3 Å². The predicted octanol–water partition coefficient (Wildman–Crippen LogP) is 26.8. The molecule has 0 fully saturated rings. The maximum absolute atomic E-state index is 13.8. The zero-order valence-corrected chi connectivity index (χ0v) is 102. The summed E-state index contributed by atoms with van der Waals surface area (Å²) in [6.45, 7) is 65.3. The Labute approximate surface area is 931 Å². The number of halogens is 11. The molecule has 40 heteroatoms. The van der Waals surface area contributed by atoms with Crippen LogP contribution in [0.3, 0.4) is 0 Å². The first-order chi connectivity index (χ1) is 62.0. The molecule has 24 nitrogen and oxygen atoms in total. The minimum atomic E-state index is -1.98. The molecule has 770 valence electrons. The van der Waals surface area contributed by atoms with E-state index in [0.29, 0.717) is 107 Å². The van der Waals surface area contributed by atoms with Crippen LogP contribution in [-0.4, -0.2) is 192 Å². The van der Waals surface area contributed by atoms with Crippen LogP contribution in [0.2, 0.25) is 92.6 Å². The summed E-state index contributed by atoms with van der Waals surface area (Å²) >= 11 is 30.6. The second-order valence-electron chi connectivity index (χ2n) is 43.4. The zero-order chi connectivity index (χ0) is 102. The first-order valence-electron chi connectivity index (χ1n) is 45.3. The second-order valence-corrected chi connectivity index (χ2v) is 66.4. The SMILES string of the molecule is C.C.CC(C)(C)OC(=O)N1CC(CCO[Si](C)(C)C(C)(C)C)n2nc(-c3ccc(F)c(Cl)c3)cc2C1=O.CC(C)(C)OC(=O)N1Cc2c(I)c(-c3ccc(F)c(Cl)c3)nn2C(CCO[Si](C)(C)C(C)(C)C)C1.CC(C)(C)OC(=O)N1Cc2c(I)c(-c3ccc(F)c(Cl)c3)nn2C(CCO[Si](C)(C)C(C)(C)C)C1.CC(C)(C)[Si](C)(C)OCCC1CNC(=O)c2cc(-c3ccc(F)c(Cl)c3)nn21.CI.[CH3-].[K+]. The van der Waals surface area contributed by atoms with Crippen molar-refractivity contribution in [1.29, 1.82) is 0 Å². The van der Waals surface area contributed by atoms with E-state index in [9.17, 15) is 41.5 Å². The van der Waals surface area contributed by atoms with Crippen molar-refractivity contribution in [1.82, 2.24) is 59.1 Å². The number of hydrogen-bond acceptors (Lipinski definition) is 16. The van der Waals surface area contributed by atoms with Gasteiger partial charge < -0.3 is 54.5 Å². The van der Waals surface area contributed by atoms with Crippen LogP contribution in [0.4, 0.5) is 31.9 Å². The molecule has 139 heavy (non-hydrogen) atoms. The van der Waals surface area contributed by atoms with Crippen LogP contribution in [-0.2, 0) is 45.0 Å². The number of alkyl halides is 1. The molecule has 8 heterocycles. The molecule has 1 N–H and O–H groups in total. The topological polar surface area (TPSA) is 243 Å². The Kier molecular flexibility index (Phi) is 46.6. The van der Waals surface area contributed by atoms with Crippen LogP contribution in [0.1, 0.15) is 242 Å². The fourth-order valence-electron chi connectivity index (χ4n) is 13.7. The molecular formula is C99H148Cl4F4I3KN12O12Si4. The molecule has 4 aliphatic heterocycles. The van der Waals surface area contributed by atoms with Crippen LogP contribution in [0.15, 0.2) is 84.9 Å². The number of aromatic nitrogens is 8.